The molecule has 4 unspecified atom stereocenters. The zero-order valence-corrected chi connectivity index (χ0v) is 12.4. The number of nitriles is 1. The number of hydrogen-bond acceptors (Lipinski definition) is 4. The van der Waals surface area contributed by atoms with Crippen molar-refractivity contribution in [2.75, 3.05) is 7.11 Å². The number of hydrogen-bond donors (Lipinski definition) is 1. The first-order chi connectivity index (χ1) is 10.6. The predicted molar refractivity (Wildman–Crippen MR) is 78.7 cm³/mol. The van der Waals surface area contributed by atoms with Gasteiger partial charge in [0.2, 0.25) is 0 Å². The minimum absolute atomic E-state index is 0.144. The number of nitrogens with zero attached hydrogens (tertiary/aromatic N) is 1. The van der Waals surface area contributed by atoms with Gasteiger partial charge in [0.05, 0.1) is 24.7 Å². The lowest BCUT2D eigenvalue weighted by Gasteiger charge is -2.29. The zero-order chi connectivity index (χ0) is 15.7. The van der Waals surface area contributed by atoms with Gasteiger partial charge in [0.15, 0.2) is 0 Å². The number of fused-ring (bicyclic) bond motifs is 2. The maximum absolute atomic E-state index is 12.4. The maximum atomic E-state index is 12.4. The van der Waals surface area contributed by atoms with Crippen LogP contribution in [0, 0.1) is 29.1 Å². The SMILES string of the molecule is COC(=O)C1C2CCC(C2)C1NC(=O)c1ccc(C#N)cc1. The average molecular weight is 298 g/mol. The Bertz CT molecular complexity index is 632. The van der Waals surface area contributed by atoms with E-state index in [-0.39, 0.29) is 23.8 Å². The van der Waals surface area contributed by atoms with Crippen LogP contribution in [-0.2, 0) is 9.53 Å². The Morgan fingerprint density at radius 1 is 1.23 bits per heavy atom. The Morgan fingerprint density at radius 3 is 2.55 bits per heavy atom. The normalized spacial score (nSPS) is 28.9. The molecule has 0 radical (unpaired) electrons. The molecule has 114 valence electrons. The molecule has 1 aromatic rings. The van der Waals surface area contributed by atoms with Gasteiger partial charge in [0, 0.05) is 11.6 Å². The average Bonchev–Trinajstić information content (AvgIpc) is 3.15. The number of nitrogens with one attached hydrogen (secondary N) is 1. The number of benzene rings is 1. The van der Waals surface area contributed by atoms with Crippen molar-refractivity contribution < 1.29 is 14.3 Å². The number of rotatable bonds is 3. The number of methoxy groups -OCH3 is 1. The van der Waals surface area contributed by atoms with E-state index in [1.54, 1.807) is 24.3 Å². The van der Waals surface area contributed by atoms with Crippen molar-refractivity contribution in [3.8, 4) is 6.07 Å². The van der Waals surface area contributed by atoms with Crippen molar-refractivity contribution >= 4 is 11.9 Å². The first-order valence-corrected chi connectivity index (χ1v) is 7.53. The molecule has 22 heavy (non-hydrogen) atoms. The third kappa shape index (κ3) is 2.45. The van der Waals surface area contributed by atoms with Gasteiger partial charge in [0.25, 0.3) is 5.91 Å². The standard InChI is InChI=1S/C17H18N2O3/c1-22-17(21)14-12-6-7-13(8-12)15(14)19-16(20)11-4-2-10(9-18)3-5-11/h2-5,12-15H,6-8H2,1H3,(H,19,20). The summed E-state index contributed by atoms with van der Waals surface area (Å²) in [6, 6.07) is 8.38. The van der Waals surface area contributed by atoms with E-state index in [9.17, 15) is 9.59 Å². The lowest BCUT2D eigenvalue weighted by molar-refractivity contribution is -0.148. The molecule has 1 aromatic carbocycles. The molecule has 0 saturated heterocycles. The van der Waals surface area contributed by atoms with Gasteiger partial charge in [-0.05, 0) is 55.4 Å². The van der Waals surface area contributed by atoms with E-state index >= 15 is 0 Å². The summed E-state index contributed by atoms with van der Waals surface area (Å²) >= 11 is 0. The smallest absolute Gasteiger partial charge is 0.311 e. The fraction of sp³-hybridized carbons (Fsp3) is 0.471. The monoisotopic (exact) mass is 298 g/mol. The van der Waals surface area contributed by atoms with E-state index in [0.717, 1.165) is 19.3 Å². The fourth-order valence-corrected chi connectivity index (χ4v) is 3.91. The molecule has 5 heteroatoms. The molecular formula is C17H18N2O3. The molecule has 3 rings (SSSR count). The molecule has 0 spiro atoms. The summed E-state index contributed by atoms with van der Waals surface area (Å²) in [6.07, 6.45) is 3.07. The van der Waals surface area contributed by atoms with E-state index in [0.29, 0.717) is 23.0 Å². The van der Waals surface area contributed by atoms with Crippen LogP contribution in [0.5, 0.6) is 0 Å². The van der Waals surface area contributed by atoms with Crippen LogP contribution in [0.2, 0.25) is 0 Å². The van der Waals surface area contributed by atoms with Crippen LogP contribution in [0.15, 0.2) is 24.3 Å². The van der Waals surface area contributed by atoms with Gasteiger partial charge in [-0.15, -0.1) is 0 Å². The molecule has 2 bridgehead atoms. The lowest BCUT2D eigenvalue weighted by atomic mass is 9.84. The van der Waals surface area contributed by atoms with Gasteiger partial charge >= 0.3 is 5.97 Å². The van der Waals surface area contributed by atoms with Crippen LogP contribution in [-0.4, -0.2) is 25.0 Å². The van der Waals surface area contributed by atoms with Crippen LogP contribution in [0.1, 0.15) is 35.2 Å². The highest BCUT2D eigenvalue weighted by Gasteiger charge is 2.52. The van der Waals surface area contributed by atoms with Crippen molar-refractivity contribution in [1.29, 1.82) is 5.26 Å². The Kier molecular flexibility index (Phi) is 3.84. The topological polar surface area (TPSA) is 79.2 Å². The summed E-state index contributed by atoms with van der Waals surface area (Å²) in [5.74, 6) is 0.0273. The Balaban J connectivity index is 1.74. The molecule has 0 aromatic heterocycles. The van der Waals surface area contributed by atoms with Gasteiger partial charge in [-0.1, -0.05) is 0 Å². The van der Waals surface area contributed by atoms with Crippen LogP contribution in [0.25, 0.3) is 0 Å². The van der Waals surface area contributed by atoms with Gasteiger partial charge in [-0.25, -0.2) is 0 Å². The highest BCUT2D eigenvalue weighted by atomic mass is 16.5. The fourth-order valence-electron chi connectivity index (χ4n) is 3.91. The number of ether oxygens (including phenoxy) is 1. The molecule has 2 fully saturated rings. The molecule has 2 saturated carbocycles. The Labute approximate surface area is 129 Å². The second kappa shape index (κ2) is 5.80. The van der Waals surface area contributed by atoms with Crippen LogP contribution in [0.3, 0.4) is 0 Å². The molecular weight excluding hydrogens is 280 g/mol. The highest BCUT2D eigenvalue weighted by Crippen LogP contribution is 2.49. The molecule has 4 atom stereocenters. The second-order valence-corrected chi connectivity index (χ2v) is 6.07. The molecule has 2 aliphatic carbocycles. The van der Waals surface area contributed by atoms with Crippen molar-refractivity contribution in [3.63, 3.8) is 0 Å². The summed E-state index contributed by atoms with van der Waals surface area (Å²) < 4.78 is 4.91. The summed E-state index contributed by atoms with van der Waals surface area (Å²) in [5.41, 5.74) is 1.02. The van der Waals surface area contributed by atoms with Crippen molar-refractivity contribution in [3.05, 3.63) is 35.4 Å². The maximum Gasteiger partial charge on any atom is 0.311 e. The van der Waals surface area contributed by atoms with Gasteiger partial charge in [0.1, 0.15) is 0 Å². The minimum Gasteiger partial charge on any atom is -0.469 e. The molecule has 2 aliphatic rings. The summed E-state index contributed by atoms with van der Waals surface area (Å²) in [5, 5.41) is 11.8. The Morgan fingerprint density at radius 2 is 1.91 bits per heavy atom. The molecule has 0 heterocycles. The first-order valence-electron chi connectivity index (χ1n) is 7.53. The largest absolute Gasteiger partial charge is 0.469 e. The van der Waals surface area contributed by atoms with Crippen LogP contribution in [0.4, 0.5) is 0 Å². The molecule has 1 N–H and O–H groups in total. The molecule has 0 aliphatic heterocycles. The van der Waals surface area contributed by atoms with E-state index in [2.05, 4.69) is 5.32 Å². The minimum atomic E-state index is -0.230. The van der Waals surface area contributed by atoms with E-state index < -0.39 is 0 Å². The van der Waals surface area contributed by atoms with Gasteiger partial charge in [-0.3, -0.25) is 9.59 Å². The summed E-state index contributed by atoms with van der Waals surface area (Å²) in [7, 11) is 1.40. The molecule has 5 nitrogen and oxygen atoms in total. The van der Waals surface area contributed by atoms with Gasteiger partial charge in [-0.2, -0.15) is 5.26 Å². The number of esters is 1. The number of amides is 1. The summed E-state index contributed by atoms with van der Waals surface area (Å²) in [6.45, 7) is 0. The first kappa shape index (κ1) is 14.6. The van der Waals surface area contributed by atoms with E-state index in [1.807, 2.05) is 6.07 Å². The van der Waals surface area contributed by atoms with Crippen LogP contribution >= 0.6 is 0 Å². The number of carbonyl (C=O) groups is 2. The van der Waals surface area contributed by atoms with Crippen LogP contribution < -0.4 is 5.32 Å². The molecule has 1 amide bonds. The van der Waals surface area contributed by atoms with Gasteiger partial charge < -0.3 is 10.1 Å². The highest BCUT2D eigenvalue weighted by molar-refractivity contribution is 5.95. The Hall–Kier alpha value is -2.35. The third-order valence-corrected chi connectivity index (χ3v) is 4.96. The van der Waals surface area contributed by atoms with E-state index in [1.165, 1.54) is 7.11 Å². The van der Waals surface area contributed by atoms with E-state index in [4.69, 9.17) is 10.00 Å². The lowest BCUT2D eigenvalue weighted by Crippen LogP contribution is -2.47. The zero-order valence-electron chi connectivity index (χ0n) is 12.4. The van der Waals surface area contributed by atoms with Crippen molar-refractivity contribution in [2.45, 2.75) is 25.3 Å². The predicted octanol–water partition coefficient (Wildman–Crippen LogP) is 1.88. The summed E-state index contributed by atoms with van der Waals surface area (Å²) in [4.78, 5) is 24.4. The van der Waals surface area contributed by atoms with Crippen molar-refractivity contribution in [1.82, 2.24) is 5.32 Å². The van der Waals surface area contributed by atoms with Crippen molar-refractivity contribution in [2.24, 2.45) is 17.8 Å². The second-order valence-electron chi connectivity index (χ2n) is 6.07. The number of carbonyl (C=O) groups excluding carboxylic acids is 2. The quantitative estimate of drug-likeness (QED) is 0.864. The third-order valence-electron chi connectivity index (χ3n) is 4.96.